The highest BCUT2D eigenvalue weighted by Gasteiger charge is 2.42. The monoisotopic (exact) mass is 368 g/mol. The van der Waals surface area contributed by atoms with Gasteiger partial charge in [-0.05, 0) is 80.3 Å². The van der Waals surface area contributed by atoms with Crippen LogP contribution in [0.1, 0.15) is 59.1 Å². The molecule has 27 heavy (non-hydrogen) atoms. The standard InChI is InChI=1S/C23H28O4/c1-13-8-18(9-14(2)20(13)24)23(7-5-6-17(12-23)22(26)27)19-10-15(3)21(25)16(4)11-19/h8-11,17,24-25H,5-7,12H2,1-4H3,(H,26,27). The van der Waals surface area contributed by atoms with Gasteiger partial charge in [-0.1, -0.05) is 30.7 Å². The molecule has 0 aliphatic heterocycles. The zero-order valence-corrected chi connectivity index (χ0v) is 16.5. The molecule has 4 nitrogen and oxygen atoms in total. The van der Waals surface area contributed by atoms with E-state index in [2.05, 4.69) is 0 Å². The second-order valence-electron chi connectivity index (χ2n) is 8.13. The van der Waals surface area contributed by atoms with Crippen molar-refractivity contribution in [1.82, 2.24) is 0 Å². The number of carbonyl (C=O) groups is 1. The molecule has 0 saturated heterocycles. The van der Waals surface area contributed by atoms with Gasteiger partial charge in [0.2, 0.25) is 0 Å². The fourth-order valence-electron chi connectivity index (χ4n) is 4.64. The van der Waals surface area contributed by atoms with Crippen molar-refractivity contribution in [3.63, 3.8) is 0 Å². The van der Waals surface area contributed by atoms with Crippen LogP contribution >= 0.6 is 0 Å². The van der Waals surface area contributed by atoms with Gasteiger partial charge in [0.1, 0.15) is 11.5 Å². The molecule has 1 unspecified atom stereocenters. The summed E-state index contributed by atoms with van der Waals surface area (Å²) in [6.45, 7) is 7.52. The van der Waals surface area contributed by atoms with E-state index in [0.29, 0.717) is 12.8 Å². The van der Waals surface area contributed by atoms with E-state index in [0.717, 1.165) is 46.2 Å². The first-order valence-electron chi connectivity index (χ1n) is 9.50. The number of carboxylic acid groups (broad SMARTS) is 1. The van der Waals surface area contributed by atoms with E-state index in [1.54, 1.807) is 0 Å². The van der Waals surface area contributed by atoms with Gasteiger partial charge in [-0.15, -0.1) is 0 Å². The summed E-state index contributed by atoms with van der Waals surface area (Å²) in [6, 6.07) is 7.96. The van der Waals surface area contributed by atoms with E-state index in [1.807, 2.05) is 52.0 Å². The first-order chi connectivity index (χ1) is 12.7. The topological polar surface area (TPSA) is 77.8 Å². The summed E-state index contributed by atoms with van der Waals surface area (Å²) in [5, 5.41) is 30.1. The highest BCUT2D eigenvalue weighted by atomic mass is 16.4. The molecular weight excluding hydrogens is 340 g/mol. The highest BCUT2D eigenvalue weighted by molar-refractivity contribution is 5.71. The lowest BCUT2D eigenvalue weighted by Gasteiger charge is -2.42. The Labute approximate surface area is 160 Å². The molecular formula is C23H28O4. The number of hydrogen-bond acceptors (Lipinski definition) is 3. The molecule has 3 N–H and O–H groups in total. The molecule has 0 amide bonds. The maximum atomic E-state index is 11.8. The highest BCUT2D eigenvalue weighted by Crippen LogP contribution is 2.49. The number of rotatable bonds is 3. The van der Waals surface area contributed by atoms with Crippen LogP contribution in [0.25, 0.3) is 0 Å². The average Bonchev–Trinajstić information content (AvgIpc) is 2.63. The van der Waals surface area contributed by atoms with Crippen molar-refractivity contribution in [2.75, 3.05) is 0 Å². The molecule has 1 fully saturated rings. The molecule has 0 aromatic heterocycles. The maximum absolute atomic E-state index is 11.8. The van der Waals surface area contributed by atoms with E-state index in [1.165, 1.54) is 0 Å². The van der Waals surface area contributed by atoms with E-state index >= 15 is 0 Å². The number of phenolic OH excluding ortho intramolecular Hbond substituents is 2. The third kappa shape index (κ3) is 3.29. The first kappa shape index (κ1) is 19.3. The number of aliphatic carboxylic acids is 1. The Kier molecular flexibility index (Phi) is 4.94. The molecule has 4 heteroatoms. The number of aryl methyl sites for hydroxylation is 4. The number of aromatic hydroxyl groups is 2. The summed E-state index contributed by atoms with van der Waals surface area (Å²) in [6.07, 6.45) is 2.89. The normalized spacial score (nSPS) is 19.0. The van der Waals surface area contributed by atoms with E-state index in [4.69, 9.17) is 0 Å². The molecule has 1 saturated carbocycles. The lowest BCUT2D eigenvalue weighted by Crippen LogP contribution is -2.37. The quantitative estimate of drug-likeness (QED) is 0.721. The first-order valence-corrected chi connectivity index (χ1v) is 9.50. The second-order valence-corrected chi connectivity index (χ2v) is 8.13. The molecule has 2 aromatic rings. The van der Waals surface area contributed by atoms with Crippen molar-refractivity contribution in [3.8, 4) is 11.5 Å². The lowest BCUT2D eigenvalue weighted by molar-refractivity contribution is -0.143. The SMILES string of the molecule is Cc1cc(C2(c3cc(C)c(O)c(C)c3)CCCC(C(=O)O)C2)cc(C)c1O. The molecule has 0 heterocycles. The van der Waals surface area contributed by atoms with E-state index < -0.39 is 17.3 Å². The molecule has 1 aliphatic rings. The molecule has 0 bridgehead atoms. The van der Waals surface area contributed by atoms with Crippen LogP contribution in [-0.4, -0.2) is 21.3 Å². The van der Waals surface area contributed by atoms with Gasteiger partial charge < -0.3 is 15.3 Å². The third-order valence-electron chi connectivity index (χ3n) is 6.19. The van der Waals surface area contributed by atoms with Crippen molar-refractivity contribution in [2.45, 2.75) is 58.8 Å². The molecule has 144 valence electrons. The van der Waals surface area contributed by atoms with Crippen LogP contribution in [0.3, 0.4) is 0 Å². The van der Waals surface area contributed by atoms with Crippen LogP contribution in [0.15, 0.2) is 24.3 Å². The minimum absolute atomic E-state index is 0.289. The van der Waals surface area contributed by atoms with Gasteiger partial charge in [-0.3, -0.25) is 4.79 Å². The number of carboxylic acids is 1. The molecule has 2 aromatic carbocycles. The third-order valence-corrected chi connectivity index (χ3v) is 6.19. The average molecular weight is 368 g/mol. The van der Waals surface area contributed by atoms with Gasteiger partial charge in [0.05, 0.1) is 5.92 Å². The van der Waals surface area contributed by atoms with Crippen molar-refractivity contribution in [2.24, 2.45) is 5.92 Å². The Morgan fingerprint density at radius 3 is 1.67 bits per heavy atom. The van der Waals surface area contributed by atoms with E-state index in [-0.39, 0.29) is 11.5 Å². The van der Waals surface area contributed by atoms with Gasteiger partial charge in [-0.2, -0.15) is 0 Å². The minimum Gasteiger partial charge on any atom is -0.507 e. The Morgan fingerprint density at radius 1 is 0.889 bits per heavy atom. The van der Waals surface area contributed by atoms with Gasteiger partial charge in [-0.25, -0.2) is 0 Å². The zero-order valence-electron chi connectivity index (χ0n) is 16.5. The Hall–Kier alpha value is -2.49. The molecule has 1 atom stereocenters. The smallest absolute Gasteiger partial charge is 0.306 e. The predicted molar refractivity (Wildman–Crippen MR) is 106 cm³/mol. The fraction of sp³-hybridized carbons (Fsp3) is 0.435. The summed E-state index contributed by atoms with van der Waals surface area (Å²) in [5.74, 6) is -0.573. The number of hydrogen-bond donors (Lipinski definition) is 3. The van der Waals surface area contributed by atoms with Crippen molar-refractivity contribution in [1.29, 1.82) is 0 Å². The van der Waals surface area contributed by atoms with Crippen molar-refractivity contribution < 1.29 is 20.1 Å². The largest absolute Gasteiger partial charge is 0.507 e. The maximum Gasteiger partial charge on any atom is 0.306 e. The fourth-order valence-corrected chi connectivity index (χ4v) is 4.64. The molecule has 0 radical (unpaired) electrons. The van der Waals surface area contributed by atoms with E-state index in [9.17, 15) is 20.1 Å². The Bertz CT molecular complexity index is 794. The van der Waals surface area contributed by atoms with Crippen LogP contribution in [0, 0.1) is 33.6 Å². The van der Waals surface area contributed by atoms with Crippen LogP contribution in [0.4, 0.5) is 0 Å². The van der Waals surface area contributed by atoms with Crippen LogP contribution < -0.4 is 0 Å². The van der Waals surface area contributed by atoms with Crippen LogP contribution in [0.5, 0.6) is 11.5 Å². The van der Waals surface area contributed by atoms with Gasteiger partial charge in [0.15, 0.2) is 0 Å². The summed E-state index contributed by atoms with van der Waals surface area (Å²) < 4.78 is 0. The van der Waals surface area contributed by atoms with Gasteiger partial charge in [0, 0.05) is 5.41 Å². The van der Waals surface area contributed by atoms with Gasteiger partial charge in [0.25, 0.3) is 0 Å². The summed E-state index contributed by atoms with van der Waals surface area (Å²) in [5.41, 5.74) is 4.86. The van der Waals surface area contributed by atoms with Crippen LogP contribution in [0.2, 0.25) is 0 Å². The summed E-state index contributed by atoms with van der Waals surface area (Å²) in [7, 11) is 0. The predicted octanol–water partition coefficient (Wildman–Crippen LogP) is 4.89. The minimum atomic E-state index is -0.751. The summed E-state index contributed by atoms with van der Waals surface area (Å²) in [4.78, 5) is 11.8. The Morgan fingerprint density at radius 2 is 1.30 bits per heavy atom. The van der Waals surface area contributed by atoms with Gasteiger partial charge >= 0.3 is 5.97 Å². The molecule has 3 rings (SSSR count). The molecule has 0 spiro atoms. The zero-order chi connectivity index (χ0) is 19.9. The van der Waals surface area contributed by atoms with Crippen molar-refractivity contribution in [3.05, 3.63) is 57.6 Å². The number of benzene rings is 2. The molecule has 1 aliphatic carbocycles. The van der Waals surface area contributed by atoms with Crippen LogP contribution in [-0.2, 0) is 10.2 Å². The summed E-state index contributed by atoms with van der Waals surface area (Å²) >= 11 is 0. The Balaban J connectivity index is 2.26. The number of phenols is 2. The second kappa shape index (κ2) is 6.91. The lowest BCUT2D eigenvalue weighted by atomic mass is 9.61. The van der Waals surface area contributed by atoms with Crippen molar-refractivity contribution >= 4 is 5.97 Å².